The Morgan fingerprint density at radius 2 is 1.88 bits per heavy atom. The van der Waals surface area contributed by atoms with Crippen LogP contribution >= 0.6 is 0 Å². The molecule has 1 aromatic carbocycles. The first-order chi connectivity index (χ1) is 8.09. The number of nitrogens with zero attached hydrogens (tertiary/aromatic N) is 1. The van der Waals surface area contributed by atoms with Gasteiger partial charge < -0.3 is 14.4 Å². The molecular formula is C13H17NO3. The van der Waals surface area contributed by atoms with Crippen molar-refractivity contribution in [1.82, 2.24) is 4.90 Å². The van der Waals surface area contributed by atoms with Crippen LogP contribution in [0.15, 0.2) is 18.2 Å². The van der Waals surface area contributed by atoms with E-state index in [0.29, 0.717) is 13.2 Å². The highest BCUT2D eigenvalue weighted by Gasteiger charge is 2.20. The fourth-order valence-electron chi connectivity index (χ4n) is 1.86. The van der Waals surface area contributed by atoms with E-state index in [2.05, 4.69) is 0 Å². The molecule has 4 nitrogen and oxygen atoms in total. The Balaban J connectivity index is 2.24. The van der Waals surface area contributed by atoms with Gasteiger partial charge in [-0.05, 0) is 24.6 Å². The summed E-state index contributed by atoms with van der Waals surface area (Å²) in [7, 11) is 3.52. The zero-order valence-electron chi connectivity index (χ0n) is 10.4. The van der Waals surface area contributed by atoms with E-state index in [1.54, 1.807) is 19.0 Å². The molecule has 0 saturated carbocycles. The van der Waals surface area contributed by atoms with Crippen LogP contribution in [0.3, 0.4) is 0 Å². The SMILES string of the molecule is CC(C(=O)N(C)C)c1ccc2c(c1)OCCO2. The Labute approximate surface area is 101 Å². The van der Waals surface area contributed by atoms with Crippen molar-refractivity contribution in [3.05, 3.63) is 23.8 Å². The van der Waals surface area contributed by atoms with Gasteiger partial charge in [0.25, 0.3) is 0 Å². The van der Waals surface area contributed by atoms with Gasteiger partial charge in [0.2, 0.25) is 5.91 Å². The van der Waals surface area contributed by atoms with Gasteiger partial charge in [0.1, 0.15) is 13.2 Å². The molecule has 1 unspecified atom stereocenters. The summed E-state index contributed by atoms with van der Waals surface area (Å²) in [5, 5.41) is 0. The van der Waals surface area contributed by atoms with Crippen LogP contribution in [0.4, 0.5) is 0 Å². The van der Waals surface area contributed by atoms with Crippen LogP contribution in [0.1, 0.15) is 18.4 Å². The Bertz CT molecular complexity index is 429. The van der Waals surface area contributed by atoms with Crippen molar-refractivity contribution >= 4 is 5.91 Å². The largest absolute Gasteiger partial charge is 0.486 e. The predicted molar refractivity (Wildman–Crippen MR) is 64.5 cm³/mol. The molecule has 92 valence electrons. The maximum Gasteiger partial charge on any atom is 0.229 e. The number of rotatable bonds is 2. The van der Waals surface area contributed by atoms with E-state index in [9.17, 15) is 4.79 Å². The van der Waals surface area contributed by atoms with Gasteiger partial charge in [0.15, 0.2) is 11.5 Å². The summed E-state index contributed by atoms with van der Waals surface area (Å²) in [6.45, 7) is 3.04. The summed E-state index contributed by atoms with van der Waals surface area (Å²) in [6.07, 6.45) is 0. The maximum absolute atomic E-state index is 11.9. The summed E-state index contributed by atoms with van der Waals surface area (Å²) >= 11 is 0. The zero-order valence-corrected chi connectivity index (χ0v) is 10.4. The van der Waals surface area contributed by atoms with Crippen LogP contribution in [-0.4, -0.2) is 38.1 Å². The molecule has 0 aliphatic carbocycles. The van der Waals surface area contributed by atoms with Crippen molar-refractivity contribution in [2.75, 3.05) is 27.3 Å². The minimum atomic E-state index is -0.166. The van der Waals surface area contributed by atoms with Gasteiger partial charge in [0, 0.05) is 14.1 Å². The number of amides is 1. The van der Waals surface area contributed by atoms with Gasteiger partial charge in [-0.2, -0.15) is 0 Å². The Kier molecular flexibility index (Phi) is 3.22. The van der Waals surface area contributed by atoms with Gasteiger partial charge in [-0.25, -0.2) is 0 Å². The average molecular weight is 235 g/mol. The lowest BCUT2D eigenvalue weighted by Gasteiger charge is -2.21. The number of hydrogen-bond acceptors (Lipinski definition) is 3. The van der Waals surface area contributed by atoms with E-state index in [1.165, 1.54) is 0 Å². The van der Waals surface area contributed by atoms with E-state index in [4.69, 9.17) is 9.47 Å². The predicted octanol–water partition coefficient (Wildman–Crippen LogP) is 1.65. The molecule has 2 rings (SSSR count). The summed E-state index contributed by atoms with van der Waals surface area (Å²) < 4.78 is 11.0. The topological polar surface area (TPSA) is 38.8 Å². The van der Waals surface area contributed by atoms with Crippen molar-refractivity contribution in [3.8, 4) is 11.5 Å². The molecule has 0 spiro atoms. The molecule has 0 radical (unpaired) electrons. The van der Waals surface area contributed by atoms with Gasteiger partial charge in [0.05, 0.1) is 5.92 Å². The highest BCUT2D eigenvalue weighted by atomic mass is 16.6. The molecule has 4 heteroatoms. The highest BCUT2D eigenvalue weighted by Crippen LogP contribution is 2.33. The molecule has 0 saturated heterocycles. The quantitative estimate of drug-likeness (QED) is 0.782. The first kappa shape index (κ1) is 11.8. The smallest absolute Gasteiger partial charge is 0.229 e. The molecule has 1 heterocycles. The molecule has 1 atom stereocenters. The summed E-state index contributed by atoms with van der Waals surface area (Å²) in [6, 6.07) is 5.67. The van der Waals surface area contributed by atoms with E-state index >= 15 is 0 Å². The fourth-order valence-corrected chi connectivity index (χ4v) is 1.86. The van der Waals surface area contributed by atoms with Gasteiger partial charge in [-0.15, -0.1) is 0 Å². The molecule has 0 fully saturated rings. The second kappa shape index (κ2) is 4.65. The van der Waals surface area contributed by atoms with Crippen molar-refractivity contribution in [2.45, 2.75) is 12.8 Å². The van der Waals surface area contributed by atoms with Gasteiger partial charge in [-0.1, -0.05) is 6.07 Å². The van der Waals surface area contributed by atoms with Crippen molar-refractivity contribution in [2.24, 2.45) is 0 Å². The Hall–Kier alpha value is -1.71. The maximum atomic E-state index is 11.9. The second-order valence-corrected chi connectivity index (χ2v) is 4.36. The number of carbonyl (C=O) groups excluding carboxylic acids is 1. The number of likely N-dealkylation sites (N-methyl/N-ethyl adjacent to an activating group) is 1. The van der Waals surface area contributed by atoms with E-state index in [0.717, 1.165) is 17.1 Å². The number of ether oxygens (including phenoxy) is 2. The van der Waals surface area contributed by atoms with Crippen molar-refractivity contribution in [3.63, 3.8) is 0 Å². The van der Waals surface area contributed by atoms with E-state index < -0.39 is 0 Å². The third kappa shape index (κ3) is 2.35. The number of hydrogen-bond donors (Lipinski definition) is 0. The molecule has 0 aromatic heterocycles. The second-order valence-electron chi connectivity index (χ2n) is 4.36. The van der Waals surface area contributed by atoms with E-state index in [-0.39, 0.29) is 11.8 Å². The first-order valence-corrected chi connectivity index (χ1v) is 5.70. The summed E-state index contributed by atoms with van der Waals surface area (Å²) in [4.78, 5) is 13.5. The van der Waals surface area contributed by atoms with Crippen molar-refractivity contribution in [1.29, 1.82) is 0 Å². The molecule has 0 N–H and O–H groups in total. The third-order valence-electron chi connectivity index (χ3n) is 2.88. The average Bonchev–Trinajstić information content (AvgIpc) is 2.36. The van der Waals surface area contributed by atoms with E-state index in [1.807, 2.05) is 25.1 Å². The third-order valence-corrected chi connectivity index (χ3v) is 2.88. The van der Waals surface area contributed by atoms with Crippen LogP contribution in [0.25, 0.3) is 0 Å². The minimum Gasteiger partial charge on any atom is -0.486 e. The first-order valence-electron chi connectivity index (χ1n) is 5.70. The molecule has 1 aliphatic rings. The molecule has 1 amide bonds. The van der Waals surface area contributed by atoms with Gasteiger partial charge >= 0.3 is 0 Å². The monoisotopic (exact) mass is 235 g/mol. The normalized spacial score (nSPS) is 15.2. The Morgan fingerprint density at radius 1 is 1.24 bits per heavy atom. The molecule has 17 heavy (non-hydrogen) atoms. The fraction of sp³-hybridized carbons (Fsp3) is 0.462. The molecule has 0 bridgehead atoms. The van der Waals surface area contributed by atoms with Gasteiger partial charge in [-0.3, -0.25) is 4.79 Å². The number of fused-ring (bicyclic) bond motifs is 1. The zero-order chi connectivity index (χ0) is 12.4. The van der Waals surface area contributed by atoms with Crippen molar-refractivity contribution < 1.29 is 14.3 Å². The van der Waals surface area contributed by atoms with Crippen LogP contribution in [0, 0.1) is 0 Å². The van der Waals surface area contributed by atoms with Crippen LogP contribution in [-0.2, 0) is 4.79 Å². The van der Waals surface area contributed by atoms with Crippen LogP contribution in [0.5, 0.6) is 11.5 Å². The van der Waals surface area contributed by atoms with Crippen LogP contribution in [0.2, 0.25) is 0 Å². The standard InChI is InChI=1S/C13H17NO3/c1-9(13(15)14(2)3)10-4-5-11-12(8-10)17-7-6-16-11/h4-5,8-9H,6-7H2,1-3H3. The molecular weight excluding hydrogens is 218 g/mol. The number of carbonyl (C=O) groups is 1. The highest BCUT2D eigenvalue weighted by molar-refractivity contribution is 5.83. The lowest BCUT2D eigenvalue weighted by Crippen LogP contribution is -2.26. The lowest BCUT2D eigenvalue weighted by molar-refractivity contribution is -0.129. The molecule has 1 aliphatic heterocycles. The lowest BCUT2D eigenvalue weighted by atomic mass is 9.99. The van der Waals surface area contributed by atoms with Crippen LogP contribution < -0.4 is 9.47 Å². The summed E-state index contributed by atoms with van der Waals surface area (Å²) in [5.41, 5.74) is 0.952. The molecule has 1 aromatic rings. The number of benzene rings is 1. The summed E-state index contributed by atoms with van der Waals surface area (Å²) in [5.74, 6) is 1.40. The minimum absolute atomic E-state index is 0.0849. The Morgan fingerprint density at radius 3 is 2.53 bits per heavy atom.